The molecule has 3 rings (SSSR count). The summed E-state index contributed by atoms with van der Waals surface area (Å²) in [5, 5.41) is 2.48. The standard InChI is InChI=1S/C18H17ClN2O3S/c1-3-24-14-7-5-4-6-12(14)20-17(22)16-18(23)21(2)13-10-11(19)8-9-15(13)25-16/h4-10,16H,3H2,1-2H3,(H,20,22). The number of thioether (sulfide) groups is 1. The lowest BCUT2D eigenvalue weighted by Gasteiger charge is -2.30. The average Bonchev–Trinajstić information content (AvgIpc) is 2.60. The van der Waals surface area contributed by atoms with E-state index in [9.17, 15) is 9.59 Å². The smallest absolute Gasteiger partial charge is 0.249 e. The molecule has 130 valence electrons. The molecule has 2 amide bonds. The van der Waals surface area contributed by atoms with Crippen LogP contribution in [-0.2, 0) is 9.59 Å². The van der Waals surface area contributed by atoms with Crippen molar-refractivity contribution in [2.24, 2.45) is 0 Å². The van der Waals surface area contributed by atoms with Gasteiger partial charge in [-0.25, -0.2) is 0 Å². The van der Waals surface area contributed by atoms with Crippen molar-refractivity contribution in [2.75, 3.05) is 23.9 Å². The molecule has 1 aliphatic rings. The van der Waals surface area contributed by atoms with Crippen molar-refractivity contribution < 1.29 is 14.3 Å². The number of rotatable bonds is 4. The molecule has 2 aromatic carbocycles. The van der Waals surface area contributed by atoms with Gasteiger partial charge >= 0.3 is 0 Å². The van der Waals surface area contributed by atoms with E-state index >= 15 is 0 Å². The highest BCUT2D eigenvalue weighted by Gasteiger charge is 2.37. The maximum atomic E-state index is 12.7. The fraction of sp³-hybridized carbons (Fsp3) is 0.222. The fourth-order valence-electron chi connectivity index (χ4n) is 2.54. The zero-order valence-corrected chi connectivity index (χ0v) is 15.4. The normalized spacial score (nSPS) is 16.4. The summed E-state index contributed by atoms with van der Waals surface area (Å²) >= 11 is 7.22. The lowest BCUT2D eigenvalue weighted by atomic mass is 10.2. The second-order valence-electron chi connectivity index (χ2n) is 5.43. The number of halogens is 1. The summed E-state index contributed by atoms with van der Waals surface area (Å²) in [6.45, 7) is 2.36. The molecule has 0 spiro atoms. The Morgan fingerprint density at radius 2 is 2.08 bits per heavy atom. The van der Waals surface area contributed by atoms with E-state index in [0.717, 1.165) is 4.90 Å². The molecule has 25 heavy (non-hydrogen) atoms. The highest BCUT2D eigenvalue weighted by molar-refractivity contribution is 8.01. The van der Waals surface area contributed by atoms with Gasteiger partial charge in [0.15, 0.2) is 5.25 Å². The van der Waals surface area contributed by atoms with Gasteiger partial charge < -0.3 is 15.0 Å². The lowest BCUT2D eigenvalue weighted by molar-refractivity contribution is -0.124. The molecule has 1 atom stereocenters. The Morgan fingerprint density at radius 3 is 2.84 bits per heavy atom. The number of carbonyl (C=O) groups is 2. The van der Waals surface area contributed by atoms with E-state index in [4.69, 9.17) is 16.3 Å². The minimum absolute atomic E-state index is 0.286. The summed E-state index contributed by atoms with van der Waals surface area (Å²) in [6, 6.07) is 12.4. The van der Waals surface area contributed by atoms with Crippen LogP contribution < -0.4 is 15.0 Å². The number of fused-ring (bicyclic) bond motifs is 1. The monoisotopic (exact) mass is 376 g/mol. The highest BCUT2D eigenvalue weighted by Crippen LogP contribution is 2.40. The van der Waals surface area contributed by atoms with Crippen molar-refractivity contribution in [1.29, 1.82) is 0 Å². The molecule has 2 aromatic rings. The first kappa shape index (κ1) is 17.6. The Morgan fingerprint density at radius 1 is 1.32 bits per heavy atom. The van der Waals surface area contributed by atoms with Crippen molar-refractivity contribution in [2.45, 2.75) is 17.1 Å². The maximum Gasteiger partial charge on any atom is 0.249 e. The lowest BCUT2D eigenvalue weighted by Crippen LogP contribution is -2.44. The van der Waals surface area contributed by atoms with Gasteiger partial charge in [-0.15, -0.1) is 11.8 Å². The number of amides is 2. The van der Waals surface area contributed by atoms with Crippen molar-refractivity contribution in [3.05, 3.63) is 47.5 Å². The third-order valence-corrected chi connectivity index (χ3v) is 5.25. The summed E-state index contributed by atoms with van der Waals surface area (Å²) in [4.78, 5) is 27.6. The molecule has 0 fully saturated rings. The van der Waals surface area contributed by atoms with E-state index in [1.807, 2.05) is 19.1 Å². The van der Waals surface area contributed by atoms with Gasteiger partial charge in [-0.3, -0.25) is 9.59 Å². The molecule has 0 aliphatic carbocycles. The topological polar surface area (TPSA) is 58.6 Å². The maximum absolute atomic E-state index is 12.7. The fourth-order valence-corrected chi connectivity index (χ4v) is 3.85. The number of hydrogen-bond acceptors (Lipinski definition) is 4. The van der Waals surface area contributed by atoms with Crippen LogP contribution in [-0.4, -0.2) is 30.7 Å². The number of hydrogen-bond donors (Lipinski definition) is 1. The Bertz CT molecular complexity index is 828. The highest BCUT2D eigenvalue weighted by atomic mass is 35.5. The molecule has 5 nitrogen and oxygen atoms in total. The first-order valence-corrected chi connectivity index (χ1v) is 9.03. The summed E-state index contributed by atoms with van der Waals surface area (Å²) in [5.41, 5.74) is 1.26. The summed E-state index contributed by atoms with van der Waals surface area (Å²) < 4.78 is 5.51. The molecule has 0 saturated heterocycles. The van der Waals surface area contributed by atoms with Gasteiger partial charge in [-0.1, -0.05) is 23.7 Å². The summed E-state index contributed by atoms with van der Waals surface area (Å²) in [5.74, 6) is -0.0899. The molecule has 0 radical (unpaired) electrons. The number of nitrogens with one attached hydrogen (secondary N) is 1. The molecule has 7 heteroatoms. The minimum Gasteiger partial charge on any atom is -0.492 e. The number of anilines is 2. The van der Waals surface area contributed by atoms with Crippen LogP contribution in [0, 0.1) is 0 Å². The molecular weight excluding hydrogens is 360 g/mol. The third kappa shape index (κ3) is 3.60. The van der Waals surface area contributed by atoms with Gasteiger partial charge in [-0.05, 0) is 37.3 Å². The zero-order chi connectivity index (χ0) is 18.0. The van der Waals surface area contributed by atoms with Crippen LogP contribution in [0.5, 0.6) is 5.75 Å². The average molecular weight is 377 g/mol. The number of carbonyl (C=O) groups excluding carboxylic acids is 2. The van der Waals surface area contributed by atoms with Crippen LogP contribution in [0.2, 0.25) is 5.02 Å². The third-order valence-electron chi connectivity index (χ3n) is 3.76. The van der Waals surface area contributed by atoms with Gasteiger partial charge in [0, 0.05) is 17.0 Å². The van der Waals surface area contributed by atoms with Crippen LogP contribution in [0.3, 0.4) is 0 Å². The van der Waals surface area contributed by atoms with Crippen LogP contribution in [0.15, 0.2) is 47.4 Å². The molecule has 0 aromatic heterocycles. The predicted molar refractivity (Wildman–Crippen MR) is 101 cm³/mol. The van der Waals surface area contributed by atoms with E-state index < -0.39 is 5.25 Å². The number of para-hydroxylation sites is 2. The summed E-state index contributed by atoms with van der Waals surface area (Å²) in [6.07, 6.45) is 0. The first-order valence-electron chi connectivity index (χ1n) is 7.77. The molecule has 1 N–H and O–H groups in total. The number of benzene rings is 2. The SMILES string of the molecule is CCOc1ccccc1NC(=O)C1Sc2ccc(Cl)cc2N(C)C1=O. The molecule has 0 saturated carbocycles. The van der Waals surface area contributed by atoms with Gasteiger partial charge in [-0.2, -0.15) is 0 Å². The molecule has 1 unspecified atom stereocenters. The quantitative estimate of drug-likeness (QED) is 0.824. The van der Waals surface area contributed by atoms with E-state index in [1.165, 1.54) is 16.7 Å². The zero-order valence-electron chi connectivity index (χ0n) is 13.8. The van der Waals surface area contributed by atoms with Gasteiger partial charge in [0.1, 0.15) is 5.75 Å². The van der Waals surface area contributed by atoms with E-state index in [-0.39, 0.29) is 11.8 Å². The Hall–Kier alpha value is -2.18. The van der Waals surface area contributed by atoms with Crippen molar-refractivity contribution in [3.8, 4) is 5.75 Å². The number of ether oxygens (including phenoxy) is 1. The first-order chi connectivity index (χ1) is 12.0. The molecular formula is C18H17ClN2O3S. The van der Waals surface area contributed by atoms with Crippen LogP contribution in [0.25, 0.3) is 0 Å². The van der Waals surface area contributed by atoms with Crippen LogP contribution in [0.4, 0.5) is 11.4 Å². The van der Waals surface area contributed by atoms with Crippen LogP contribution in [0.1, 0.15) is 6.92 Å². The second-order valence-corrected chi connectivity index (χ2v) is 7.01. The minimum atomic E-state index is -0.867. The Balaban J connectivity index is 1.84. The van der Waals surface area contributed by atoms with Gasteiger partial charge in [0.05, 0.1) is 18.0 Å². The van der Waals surface area contributed by atoms with Crippen LogP contribution >= 0.6 is 23.4 Å². The number of nitrogens with zero attached hydrogens (tertiary/aromatic N) is 1. The summed E-state index contributed by atoms with van der Waals surface area (Å²) in [7, 11) is 1.64. The van der Waals surface area contributed by atoms with Crippen molar-refractivity contribution in [3.63, 3.8) is 0 Å². The second kappa shape index (κ2) is 7.37. The Labute approximate surface area is 155 Å². The van der Waals surface area contributed by atoms with Gasteiger partial charge in [0.25, 0.3) is 0 Å². The van der Waals surface area contributed by atoms with Crippen molar-refractivity contribution in [1.82, 2.24) is 0 Å². The molecule has 0 bridgehead atoms. The van der Waals surface area contributed by atoms with Crippen molar-refractivity contribution >= 4 is 46.6 Å². The van der Waals surface area contributed by atoms with E-state index in [1.54, 1.807) is 37.4 Å². The Kier molecular flexibility index (Phi) is 5.20. The molecule has 1 heterocycles. The van der Waals surface area contributed by atoms with E-state index in [0.29, 0.717) is 28.8 Å². The predicted octanol–water partition coefficient (Wildman–Crippen LogP) is 3.81. The van der Waals surface area contributed by atoms with E-state index in [2.05, 4.69) is 5.32 Å². The van der Waals surface area contributed by atoms with Gasteiger partial charge in [0.2, 0.25) is 11.8 Å². The largest absolute Gasteiger partial charge is 0.492 e. The molecule has 1 aliphatic heterocycles.